The molecule has 5 rings (SSSR count). The standard InChI is InChI=1S/C30H36N4O6/c1-23-5-2-6-25(17-23)31-30(36)33(11-4-10-32-12-15-37-16-13-32)21-29(35)34(20-26-7-3-14-38-26)19-24-8-9-27-28(18-24)40-22-39-27/h2-3,5-9,14,17-18H,4,10-13,15-16,19-22H2,1H3,(H,31,36). The second-order valence-electron chi connectivity index (χ2n) is 10.0. The highest BCUT2D eigenvalue weighted by Gasteiger charge is 2.24. The molecule has 2 aliphatic heterocycles. The minimum Gasteiger partial charge on any atom is -0.467 e. The highest BCUT2D eigenvalue weighted by Crippen LogP contribution is 2.33. The summed E-state index contributed by atoms with van der Waals surface area (Å²) >= 11 is 0. The predicted molar refractivity (Wildman–Crippen MR) is 149 cm³/mol. The summed E-state index contributed by atoms with van der Waals surface area (Å²) in [5.74, 6) is 1.83. The molecule has 1 aromatic heterocycles. The summed E-state index contributed by atoms with van der Waals surface area (Å²) in [6.45, 7) is 7.17. The molecule has 0 saturated carbocycles. The number of carbonyl (C=O) groups excluding carboxylic acids is 2. The molecule has 3 amide bonds. The average molecular weight is 549 g/mol. The number of nitrogens with one attached hydrogen (secondary N) is 1. The van der Waals surface area contributed by atoms with Crippen molar-refractivity contribution in [3.05, 3.63) is 77.7 Å². The molecule has 1 N–H and O–H groups in total. The largest absolute Gasteiger partial charge is 0.467 e. The molecule has 10 heteroatoms. The molecule has 0 spiro atoms. The number of anilines is 1. The van der Waals surface area contributed by atoms with Crippen LogP contribution in [0.2, 0.25) is 0 Å². The normalized spacial score (nSPS) is 14.6. The van der Waals surface area contributed by atoms with Crippen LogP contribution in [0.25, 0.3) is 0 Å². The number of fused-ring (bicyclic) bond motifs is 1. The van der Waals surface area contributed by atoms with E-state index in [-0.39, 0.29) is 31.8 Å². The lowest BCUT2D eigenvalue weighted by Crippen LogP contribution is -2.45. The molecule has 0 aliphatic carbocycles. The van der Waals surface area contributed by atoms with E-state index in [0.29, 0.717) is 36.0 Å². The van der Waals surface area contributed by atoms with E-state index in [4.69, 9.17) is 18.6 Å². The molecule has 10 nitrogen and oxygen atoms in total. The summed E-state index contributed by atoms with van der Waals surface area (Å²) in [5, 5.41) is 2.97. The highest BCUT2D eigenvalue weighted by molar-refractivity contribution is 5.92. The Morgan fingerprint density at radius 2 is 1.80 bits per heavy atom. The third kappa shape index (κ3) is 7.55. The summed E-state index contributed by atoms with van der Waals surface area (Å²) in [5.41, 5.74) is 2.64. The summed E-state index contributed by atoms with van der Waals surface area (Å²) in [6.07, 6.45) is 2.33. The van der Waals surface area contributed by atoms with Crippen LogP contribution in [0.1, 0.15) is 23.3 Å². The van der Waals surface area contributed by atoms with E-state index in [1.165, 1.54) is 0 Å². The number of nitrogens with zero attached hydrogens (tertiary/aromatic N) is 3. The monoisotopic (exact) mass is 548 g/mol. The number of ether oxygens (including phenoxy) is 3. The maximum Gasteiger partial charge on any atom is 0.322 e. The molecular weight excluding hydrogens is 512 g/mol. The van der Waals surface area contributed by atoms with Crippen LogP contribution in [0.3, 0.4) is 0 Å². The first-order chi connectivity index (χ1) is 19.5. The van der Waals surface area contributed by atoms with E-state index in [0.717, 1.165) is 50.4 Å². The molecule has 0 radical (unpaired) electrons. The van der Waals surface area contributed by atoms with Crippen molar-refractivity contribution < 1.29 is 28.2 Å². The van der Waals surface area contributed by atoms with Crippen molar-refractivity contribution in [3.8, 4) is 11.5 Å². The molecule has 0 unspecified atom stereocenters. The fraction of sp³-hybridized carbons (Fsp3) is 0.400. The quantitative estimate of drug-likeness (QED) is 0.385. The lowest BCUT2D eigenvalue weighted by atomic mass is 10.2. The van der Waals surface area contributed by atoms with Gasteiger partial charge in [0, 0.05) is 38.4 Å². The van der Waals surface area contributed by atoms with Gasteiger partial charge in [-0.3, -0.25) is 9.69 Å². The van der Waals surface area contributed by atoms with Gasteiger partial charge in [-0.15, -0.1) is 0 Å². The molecule has 212 valence electrons. The van der Waals surface area contributed by atoms with Gasteiger partial charge in [0.15, 0.2) is 11.5 Å². The van der Waals surface area contributed by atoms with Crippen LogP contribution in [-0.2, 0) is 22.6 Å². The molecule has 0 bridgehead atoms. The summed E-state index contributed by atoms with van der Waals surface area (Å²) in [4.78, 5) is 32.8. The van der Waals surface area contributed by atoms with E-state index < -0.39 is 0 Å². The van der Waals surface area contributed by atoms with Crippen molar-refractivity contribution in [2.45, 2.75) is 26.4 Å². The zero-order valence-corrected chi connectivity index (χ0v) is 22.8. The van der Waals surface area contributed by atoms with Crippen LogP contribution >= 0.6 is 0 Å². The third-order valence-corrected chi connectivity index (χ3v) is 6.98. The second-order valence-corrected chi connectivity index (χ2v) is 10.0. The maximum atomic E-state index is 13.8. The number of hydrogen-bond acceptors (Lipinski definition) is 7. The number of urea groups is 1. The van der Waals surface area contributed by atoms with Crippen LogP contribution in [0.5, 0.6) is 11.5 Å². The average Bonchev–Trinajstić information content (AvgIpc) is 3.64. The van der Waals surface area contributed by atoms with Crippen LogP contribution in [-0.4, -0.2) is 79.4 Å². The lowest BCUT2D eigenvalue weighted by molar-refractivity contribution is -0.133. The maximum absolute atomic E-state index is 13.8. The zero-order valence-electron chi connectivity index (χ0n) is 22.8. The molecule has 2 aromatic carbocycles. The van der Waals surface area contributed by atoms with Gasteiger partial charge in [0.1, 0.15) is 12.3 Å². The van der Waals surface area contributed by atoms with Gasteiger partial charge in [-0.2, -0.15) is 0 Å². The topological polar surface area (TPSA) is 96.7 Å². The summed E-state index contributed by atoms with van der Waals surface area (Å²) < 4.78 is 22.0. The lowest BCUT2D eigenvalue weighted by Gasteiger charge is -2.30. The van der Waals surface area contributed by atoms with Crippen molar-refractivity contribution in [2.24, 2.45) is 0 Å². The molecular formula is C30H36N4O6. The first-order valence-corrected chi connectivity index (χ1v) is 13.6. The van der Waals surface area contributed by atoms with Crippen molar-refractivity contribution >= 4 is 17.6 Å². The Kier molecular flexibility index (Phi) is 9.20. The Morgan fingerprint density at radius 3 is 2.60 bits per heavy atom. The van der Waals surface area contributed by atoms with Crippen molar-refractivity contribution in [2.75, 3.05) is 58.0 Å². The van der Waals surface area contributed by atoms with Crippen molar-refractivity contribution in [3.63, 3.8) is 0 Å². The number of morpholine rings is 1. The first-order valence-electron chi connectivity index (χ1n) is 13.6. The predicted octanol–water partition coefficient (Wildman–Crippen LogP) is 4.10. The second kappa shape index (κ2) is 13.4. The third-order valence-electron chi connectivity index (χ3n) is 6.98. The first kappa shape index (κ1) is 27.5. The van der Waals surface area contributed by atoms with E-state index in [1.54, 1.807) is 22.1 Å². The van der Waals surface area contributed by atoms with E-state index in [9.17, 15) is 9.59 Å². The van der Waals surface area contributed by atoms with Crippen LogP contribution in [0.4, 0.5) is 10.5 Å². The highest BCUT2D eigenvalue weighted by atomic mass is 16.7. The Bertz CT molecular complexity index is 1270. The SMILES string of the molecule is Cc1cccc(NC(=O)N(CCCN2CCOCC2)CC(=O)N(Cc2ccc3c(c2)OCO3)Cc2ccco2)c1. The molecule has 40 heavy (non-hydrogen) atoms. The van der Waals surface area contributed by atoms with Gasteiger partial charge in [-0.05, 0) is 60.9 Å². The van der Waals surface area contributed by atoms with Crippen LogP contribution < -0.4 is 14.8 Å². The van der Waals surface area contributed by atoms with Gasteiger partial charge >= 0.3 is 6.03 Å². The van der Waals surface area contributed by atoms with Crippen LogP contribution in [0.15, 0.2) is 65.3 Å². The molecule has 3 heterocycles. The summed E-state index contributed by atoms with van der Waals surface area (Å²) in [6, 6.07) is 16.6. The Labute approximate surface area is 234 Å². The minimum absolute atomic E-state index is 0.0635. The van der Waals surface area contributed by atoms with Crippen molar-refractivity contribution in [1.29, 1.82) is 0 Å². The van der Waals surface area contributed by atoms with Gasteiger partial charge in [0.05, 0.1) is 26.0 Å². The molecule has 2 aliphatic rings. The van der Waals surface area contributed by atoms with E-state index >= 15 is 0 Å². The Hall–Kier alpha value is -4.02. The fourth-order valence-corrected chi connectivity index (χ4v) is 4.83. The molecule has 1 saturated heterocycles. The molecule has 3 aromatic rings. The fourth-order valence-electron chi connectivity index (χ4n) is 4.83. The summed E-state index contributed by atoms with van der Waals surface area (Å²) in [7, 11) is 0. The Balaban J connectivity index is 1.29. The Morgan fingerprint density at radius 1 is 0.950 bits per heavy atom. The minimum atomic E-state index is -0.304. The number of aryl methyl sites for hydroxylation is 1. The number of rotatable bonds is 11. The smallest absolute Gasteiger partial charge is 0.322 e. The van der Waals surface area contributed by atoms with Gasteiger partial charge in [-0.1, -0.05) is 18.2 Å². The van der Waals surface area contributed by atoms with Gasteiger partial charge in [0.25, 0.3) is 0 Å². The number of benzene rings is 2. The van der Waals surface area contributed by atoms with E-state index in [2.05, 4.69) is 10.2 Å². The zero-order chi connectivity index (χ0) is 27.7. The van der Waals surface area contributed by atoms with Gasteiger partial charge in [0.2, 0.25) is 12.7 Å². The molecule has 1 fully saturated rings. The number of carbonyl (C=O) groups is 2. The molecule has 0 atom stereocenters. The van der Waals surface area contributed by atoms with Crippen LogP contribution in [0, 0.1) is 6.92 Å². The van der Waals surface area contributed by atoms with Gasteiger partial charge < -0.3 is 33.7 Å². The number of hydrogen-bond donors (Lipinski definition) is 1. The van der Waals surface area contributed by atoms with Crippen molar-refractivity contribution in [1.82, 2.24) is 14.7 Å². The van der Waals surface area contributed by atoms with Gasteiger partial charge in [-0.25, -0.2) is 4.79 Å². The number of amides is 3. The van der Waals surface area contributed by atoms with E-state index in [1.807, 2.05) is 55.5 Å². The number of furan rings is 1.